The lowest BCUT2D eigenvalue weighted by Crippen LogP contribution is -2.25. The van der Waals surface area contributed by atoms with Crippen molar-refractivity contribution >= 4 is 23.0 Å². The lowest BCUT2D eigenvalue weighted by atomic mass is 9.83. The van der Waals surface area contributed by atoms with E-state index in [4.69, 9.17) is 9.47 Å². The molecule has 5 heteroatoms. The summed E-state index contributed by atoms with van der Waals surface area (Å²) in [5.74, 6) is -0.287. The van der Waals surface area contributed by atoms with E-state index in [9.17, 15) is 4.79 Å². The van der Waals surface area contributed by atoms with E-state index in [0.717, 1.165) is 42.0 Å². The van der Waals surface area contributed by atoms with Gasteiger partial charge in [0.2, 0.25) is 0 Å². The molecule has 0 radical (unpaired) electrons. The molecule has 3 aromatic carbocycles. The highest BCUT2D eigenvalue weighted by Crippen LogP contribution is 2.48. The van der Waals surface area contributed by atoms with Crippen LogP contribution in [-0.2, 0) is 14.9 Å². The zero-order chi connectivity index (χ0) is 29.7. The third-order valence-corrected chi connectivity index (χ3v) is 8.34. The molecule has 218 valence electrons. The number of ether oxygens (including phenoxy) is 2. The van der Waals surface area contributed by atoms with E-state index in [1.807, 2.05) is 12.1 Å². The molecule has 3 aromatic rings. The largest absolute Gasteiger partial charge is 0.462 e. The lowest BCUT2D eigenvalue weighted by molar-refractivity contribution is 0.0468. The van der Waals surface area contributed by atoms with Gasteiger partial charge in [-0.1, -0.05) is 56.3 Å². The predicted octanol–water partition coefficient (Wildman–Crippen LogP) is 8.71. The summed E-state index contributed by atoms with van der Waals surface area (Å²) in [4.78, 5) is 17.6. The second-order valence-electron chi connectivity index (χ2n) is 11.5. The number of anilines is 3. The third-order valence-electron chi connectivity index (χ3n) is 8.34. The Bertz CT molecular complexity index is 1460. The number of carbonyl (C=O) groups excluding carboxylic acids is 1. The Kier molecular flexibility index (Phi) is 8.98. The molecule has 0 spiro atoms. The average Bonchev–Trinajstić information content (AvgIpc) is 3.47. The minimum atomic E-state index is -0.287. The molecule has 0 saturated heterocycles. The van der Waals surface area contributed by atoms with Gasteiger partial charge in [-0.15, -0.1) is 0 Å². The number of nitrogens with zero attached hydrogens (tertiary/aromatic N) is 2. The number of carbonyl (C=O) groups is 1. The first-order valence-electron chi connectivity index (χ1n) is 15.0. The molecule has 2 aliphatic rings. The van der Waals surface area contributed by atoms with Crippen molar-refractivity contribution in [2.45, 2.75) is 52.4 Å². The maximum Gasteiger partial charge on any atom is 0.338 e. The highest BCUT2D eigenvalue weighted by molar-refractivity contribution is 5.91. The fraction of sp³-hybridized carbons (Fsp3) is 0.324. The molecule has 42 heavy (non-hydrogen) atoms. The molecule has 5 nitrogen and oxygen atoms in total. The first kappa shape index (κ1) is 29.4. The molecule has 0 amide bonds. The minimum absolute atomic E-state index is 0.273. The highest BCUT2D eigenvalue weighted by atomic mass is 16.5. The van der Waals surface area contributed by atoms with E-state index in [-0.39, 0.29) is 11.4 Å². The number of allylic oxidation sites excluding steroid dienone is 5. The zero-order valence-electron chi connectivity index (χ0n) is 25.5. The van der Waals surface area contributed by atoms with Crippen molar-refractivity contribution in [3.8, 4) is 0 Å². The van der Waals surface area contributed by atoms with E-state index in [1.165, 1.54) is 22.5 Å². The number of hydrogen-bond donors (Lipinski definition) is 0. The van der Waals surface area contributed by atoms with E-state index < -0.39 is 0 Å². The standard InChI is InChI=1S/C37H42N2O3/c1-6-38-33-22-20-29(36(40)42-25-13-24-41-5)26-32(33)37(3,4)34(38)23-21-28-19-18-27(2)35(28)39(30-14-9-7-10-15-30)31-16-11-8-12-17-31/h7-12,14-17,20-23,26H,6,13,18-19,24-25H2,1-5H3/b28-21+,34-23+. The predicted molar refractivity (Wildman–Crippen MR) is 172 cm³/mol. The minimum Gasteiger partial charge on any atom is -0.462 e. The van der Waals surface area contributed by atoms with Gasteiger partial charge in [-0.25, -0.2) is 4.79 Å². The Morgan fingerprint density at radius 2 is 1.60 bits per heavy atom. The van der Waals surface area contributed by atoms with Crippen LogP contribution in [0.5, 0.6) is 0 Å². The van der Waals surface area contributed by atoms with Crippen LogP contribution in [-0.4, -0.2) is 32.8 Å². The van der Waals surface area contributed by atoms with Gasteiger partial charge < -0.3 is 19.3 Å². The van der Waals surface area contributed by atoms with Crippen LogP contribution in [0.25, 0.3) is 0 Å². The fourth-order valence-corrected chi connectivity index (χ4v) is 6.17. The highest BCUT2D eigenvalue weighted by Gasteiger charge is 2.40. The van der Waals surface area contributed by atoms with Crippen molar-refractivity contribution in [2.24, 2.45) is 0 Å². The van der Waals surface area contributed by atoms with Gasteiger partial charge >= 0.3 is 5.97 Å². The summed E-state index contributed by atoms with van der Waals surface area (Å²) in [6, 6.07) is 27.2. The summed E-state index contributed by atoms with van der Waals surface area (Å²) in [7, 11) is 1.65. The molecule has 0 unspecified atom stereocenters. The molecule has 0 aromatic heterocycles. The SMILES string of the molecule is CCN1/C(=C/C=C2\CCC(C)=C2N(c2ccccc2)c2ccccc2)C(C)(C)c2cc(C(=O)OCCCOC)ccc21. The topological polar surface area (TPSA) is 42.0 Å². The van der Waals surface area contributed by atoms with Gasteiger partial charge in [-0.05, 0) is 91.9 Å². The maximum atomic E-state index is 12.8. The van der Waals surface area contributed by atoms with Gasteiger partial charge in [0.15, 0.2) is 0 Å². The van der Waals surface area contributed by atoms with Crippen LogP contribution in [0.3, 0.4) is 0 Å². The van der Waals surface area contributed by atoms with Crippen LogP contribution in [0, 0.1) is 0 Å². The molecule has 1 aliphatic carbocycles. The maximum absolute atomic E-state index is 12.8. The third kappa shape index (κ3) is 5.79. The van der Waals surface area contributed by atoms with Crippen molar-refractivity contribution < 1.29 is 14.3 Å². The van der Waals surface area contributed by atoms with Gasteiger partial charge in [0.05, 0.1) is 12.2 Å². The summed E-state index contributed by atoms with van der Waals surface area (Å²) in [6.07, 6.45) is 7.35. The van der Waals surface area contributed by atoms with Crippen molar-refractivity contribution in [2.75, 3.05) is 36.7 Å². The number of methoxy groups -OCH3 is 1. The number of benzene rings is 3. The van der Waals surface area contributed by atoms with E-state index >= 15 is 0 Å². The molecule has 0 fully saturated rings. The number of para-hydroxylation sites is 2. The number of fused-ring (bicyclic) bond motifs is 1. The zero-order valence-corrected chi connectivity index (χ0v) is 25.5. The van der Waals surface area contributed by atoms with Gasteiger partial charge in [0.25, 0.3) is 0 Å². The number of esters is 1. The summed E-state index contributed by atoms with van der Waals surface area (Å²) < 4.78 is 10.6. The van der Waals surface area contributed by atoms with Crippen LogP contribution < -0.4 is 9.80 Å². The van der Waals surface area contributed by atoms with Crippen LogP contribution in [0.1, 0.15) is 62.9 Å². The van der Waals surface area contributed by atoms with Crippen LogP contribution in [0.4, 0.5) is 17.1 Å². The Morgan fingerprint density at radius 1 is 0.929 bits per heavy atom. The Balaban J connectivity index is 1.49. The molecule has 0 N–H and O–H groups in total. The molecule has 0 bridgehead atoms. The van der Waals surface area contributed by atoms with E-state index in [1.54, 1.807) is 7.11 Å². The van der Waals surface area contributed by atoms with E-state index in [2.05, 4.69) is 116 Å². The summed E-state index contributed by atoms with van der Waals surface area (Å²) in [5, 5.41) is 0. The molecule has 1 aliphatic heterocycles. The number of hydrogen-bond acceptors (Lipinski definition) is 5. The van der Waals surface area contributed by atoms with E-state index in [0.29, 0.717) is 25.2 Å². The Hall–Kier alpha value is -4.09. The molecule has 5 rings (SSSR count). The van der Waals surface area contributed by atoms with Crippen molar-refractivity contribution in [1.82, 2.24) is 0 Å². The van der Waals surface area contributed by atoms with Gasteiger partial charge in [-0.3, -0.25) is 0 Å². The normalized spacial score (nSPS) is 17.7. The average molecular weight is 563 g/mol. The monoisotopic (exact) mass is 562 g/mol. The van der Waals surface area contributed by atoms with Crippen LogP contribution >= 0.6 is 0 Å². The Morgan fingerprint density at radius 3 is 2.21 bits per heavy atom. The molecule has 0 saturated carbocycles. The van der Waals surface area contributed by atoms with Crippen LogP contribution in [0.2, 0.25) is 0 Å². The summed E-state index contributed by atoms with van der Waals surface area (Å²) in [6.45, 7) is 10.7. The van der Waals surface area contributed by atoms with Gasteiger partial charge in [0, 0.05) is 60.6 Å². The first-order valence-corrected chi connectivity index (χ1v) is 15.0. The molecule has 1 heterocycles. The Labute approximate surface area is 250 Å². The number of rotatable bonds is 10. The van der Waals surface area contributed by atoms with Crippen molar-refractivity contribution in [1.29, 1.82) is 0 Å². The van der Waals surface area contributed by atoms with Gasteiger partial charge in [0.1, 0.15) is 0 Å². The molecular weight excluding hydrogens is 520 g/mol. The second kappa shape index (κ2) is 12.8. The lowest BCUT2D eigenvalue weighted by Gasteiger charge is -2.29. The smallest absolute Gasteiger partial charge is 0.338 e. The fourth-order valence-electron chi connectivity index (χ4n) is 6.17. The van der Waals surface area contributed by atoms with Crippen LogP contribution in [0.15, 0.2) is 114 Å². The van der Waals surface area contributed by atoms with Crippen molar-refractivity contribution in [3.05, 3.63) is 125 Å². The summed E-state index contributed by atoms with van der Waals surface area (Å²) >= 11 is 0. The second-order valence-corrected chi connectivity index (χ2v) is 11.5. The van der Waals surface area contributed by atoms with Gasteiger partial charge in [-0.2, -0.15) is 0 Å². The summed E-state index contributed by atoms with van der Waals surface area (Å²) in [5.41, 5.74) is 10.2. The quantitative estimate of drug-likeness (QED) is 0.183. The molecule has 0 atom stereocenters. The molecular formula is C37H42N2O3. The first-order chi connectivity index (χ1) is 20.4. The van der Waals surface area contributed by atoms with Crippen molar-refractivity contribution in [3.63, 3.8) is 0 Å². The number of likely N-dealkylation sites (N-methyl/N-ethyl adjacent to an activating group) is 1.